The summed E-state index contributed by atoms with van der Waals surface area (Å²) in [5.74, 6) is 0.362. The van der Waals surface area contributed by atoms with Crippen LogP contribution >= 0.6 is 0 Å². The van der Waals surface area contributed by atoms with Gasteiger partial charge in [-0.1, -0.05) is 19.1 Å². The molecule has 0 saturated heterocycles. The van der Waals surface area contributed by atoms with Gasteiger partial charge in [-0.05, 0) is 49.8 Å². The van der Waals surface area contributed by atoms with Gasteiger partial charge < -0.3 is 10.4 Å². The predicted octanol–water partition coefficient (Wildman–Crippen LogP) is 2.82. The summed E-state index contributed by atoms with van der Waals surface area (Å²) < 4.78 is 12.8. The third-order valence-electron chi connectivity index (χ3n) is 4.01. The van der Waals surface area contributed by atoms with Crippen LogP contribution in [0.1, 0.15) is 44.6 Å². The van der Waals surface area contributed by atoms with E-state index < -0.39 is 5.60 Å². The number of hydrogen-bond acceptors (Lipinski definition) is 2. The molecule has 1 fully saturated rings. The number of rotatable bonds is 5. The Hall–Kier alpha value is -0.930. The van der Waals surface area contributed by atoms with Crippen LogP contribution in [0, 0.1) is 5.82 Å². The molecule has 1 saturated carbocycles. The normalized spacial score (nSPS) is 26.4. The molecule has 1 aromatic rings. The summed E-state index contributed by atoms with van der Waals surface area (Å²) in [5, 5.41) is 13.3. The first kappa shape index (κ1) is 13.5. The molecule has 0 amide bonds. The van der Waals surface area contributed by atoms with Gasteiger partial charge in [-0.3, -0.25) is 0 Å². The molecule has 18 heavy (non-hydrogen) atoms. The second-order valence-electron chi connectivity index (χ2n) is 5.65. The maximum Gasteiger partial charge on any atom is 0.123 e. The van der Waals surface area contributed by atoms with Crippen LogP contribution in [-0.4, -0.2) is 23.3 Å². The molecule has 0 aliphatic heterocycles. The van der Waals surface area contributed by atoms with Crippen molar-refractivity contribution < 1.29 is 9.50 Å². The Bertz CT molecular complexity index is 382. The summed E-state index contributed by atoms with van der Waals surface area (Å²) in [5.41, 5.74) is 0.609. The zero-order valence-corrected chi connectivity index (χ0v) is 11.1. The van der Waals surface area contributed by atoms with E-state index in [0.717, 1.165) is 19.3 Å². The Morgan fingerprint density at radius 2 is 1.94 bits per heavy atom. The minimum absolute atomic E-state index is 0.174. The van der Waals surface area contributed by atoms with E-state index in [0.29, 0.717) is 18.5 Å². The van der Waals surface area contributed by atoms with E-state index in [9.17, 15) is 9.50 Å². The van der Waals surface area contributed by atoms with Crippen LogP contribution < -0.4 is 5.32 Å². The highest BCUT2D eigenvalue weighted by Crippen LogP contribution is 2.36. The molecule has 0 aromatic heterocycles. The number of aliphatic hydroxyl groups is 1. The molecule has 0 radical (unpaired) electrons. The molecule has 2 rings (SSSR count). The minimum atomic E-state index is -0.610. The highest BCUT2D eigenvalue weighted by Gasteiger charge is 2.31. The van der Waals surface area contributed by atoms with E-state index in [-0.39, 0.29) is 5.82 Å². The molecule has 0 bridgehead atoms. The predicted molar refractivity (Wildman–Crippen MR) is 71.1 cm³/mol. The van der Waals surface area contributed by atoms with Crippen molar-refractivity contribution in [1.82, 2.24) is 5.32 Å². The molecule has 1 aromatic carbocycles. The Balaban J connectivity index is 1.75. The van der Waals surface area contributed by atoms with Crippen LogP contribution in [0.3, 0.4) is 0 Å². The molecule has 2 nitrogen and oxygen atoms in total. The van der Waals surface area contributed by atoms with Gasteiger partial charge in [0.25, 0.3) is 0 Å². The third-order valence-corrected chi connectivity index (χ3v) is 4.01. The lowest BCUT2D eigenvalue weighted by atomic mass is 9.75. The van der Waals surface area contributed by atoms with E-state index in [1.807, 2.05) is 26.0 Å². The van der Waals surface area contributed by atoms with Gasteiger partial charge in [-0.2, -0.15) is 0 Å². The van der Waals surface area contributed by atoms with Crippen LogP contribution in [0.4, 0.5) is 4.39 Å². The highest BCUT2D eigenvalue weighted by molar-refractivity contribution is 5.23. The van der Waals surface area contributed by atoms with Crippen LogP contribution in [0.25, 0.3) is 0 Å². The summed E-state index contributed by atoms with van der Waals surface area (Å²) in [6, 6.07) is 7.28. The van der Waals surface area contributed by atoms with Gasteiger partial charge in [0.15, 0.2) is 0 Å². The van der Waals surface area contributed by atoms with Gasteiger partial charge in [-0.25, -0.2) is 4.39 Å². The number of hydrogen-bond donors (Lipinski definition) is 2. The first-order valence-corrected chi connectivity index (χ1v) is 6.71. The van der Waals surface area contributed by atoms with E-state index in [1.54, 1.807) is 0 Å². The smallest absolute Gasteiger partial charge is 0.123 e. The van der Waals surface area contributed by atoms with Gasteiger partial charge >= 0.3 is 0 Å². The fraction of sp³-hybridized carbons (Fsp3) is 0.600. The lowest BCUT2D eigenvalue weighted by molar-refractivity contribution is 0.0482. The number of nitrogens with one attached hydrogen (secondary N) is 1. The molecule has 1 atom stereocenters. The topological polar surface area (TPSA) is 32.3 Å². The van der Waals surface area contributed by atoms with Crippen LogP contribution in [0.2, 0.25) is 0 Å². The fourth-order valence-corrected chi connectivity index (χ4v) is 2.28. The van der Waals surface area contributed by atoms with Crippen molar-refractivity contribution in [3.63, 3.8) is 0 Å². The molecule has 0 heterocycles. The van der Waals surface area contributed by atoms with Gasteiger partial charge in [0.1, 0.15) is 5.82 Å². The number of halogens is 1. The van der Waals surface area contributed by atoms with Gasteiger partial charge in [0.2, 0.25) is 0 Å². The van der Waals surface area contributed by atoms with E-state index >= 15 is 0 Å². The second kappa shape index (κ2) is 5.37. The molecule has 0 spiro atoms. The number of benzene rings is 1. The van der Waals surface area contributed by atoms with Crippen molar-refractivity contribution in [2.45, 2.75) is 50.7 Å². The van der Waals surface area contributed by atoms with Gasteiger partial charge in [-0.15, -0.1) is 0 Å². The molecular formula is C15H22FNO. The third kappa shape index (κ3) is 3.30. The minimum Gasteiger partial charge on any atom is -0.389 e. The van der Waals surface area contributed by atoms with E-state index in [1.165, 1.54) is 17.7 Å². The van der Waals surface area contributed by atoms with E-state index in [4.69, 9.17) is 0 Å². The average molecular weight is 251 g/mol. The van der Waals surface area contributed by atoms with Crippen molar-refractivity contribution in [3.05, 3.63) is 35.6 Å². The van der Waals surface area contributed by atoms with Crippen LogP contribution in [0.15, 0.2) is 24.3 Å². The zero-order chi connectivity index (χ0) is 13.2. The molecule has 3 heteroatoms. The lowest BCUT2D eigenvalue weighted by Crippen LogP contribution is -2.47. The quantitative estimate of drug-likeness (QED) is 0.843. The van der Waals surface area contributed by atoms with Crippen molar-refractivity contribution in [2.24, 2.45) is 0 Å². The molecular weight excluding hydrogens is 229 g/mol. The Labute approximate surface area is 108 Å². The standard InChI is InChI=1S/C15H22FNO/c1-3-15(2,18)10-17-14-8-12(9-14)11-4-6-13(16)7-5-11/h4-7,12,14,17-18H,3,8-10H2,1-2H3. The highest BCUT2D eigenvalue weighted by atomic mass is 19.1. The fourth-order valence-electron chi connectivity index (χ4n) is 2.28. The summed E-state index contributed by atoms with van der Waals surface area (Å²) in [7, 11) is 0. The van der Waals surface area contributed by atoms with Crippen molar-refractivity contribution in [2.75, 3.05) is 6.54 Å². The molecule has 1 aliphatic rings. The summed E-state index contributed by atoms with van der Waals surface area (Å²) in [6.45, 7) is 4.49. The lowest BCUT2D eigenvalue weighted by Gasteiger charge is -2.38. The second-order valence-corrected chi connectivity index (χ2v) is 5.65. The monoisotopic (exact) mass is 251 g/mol. The summed E-state index contributed by atoms with van der Waals surface area (Å²) >= 11 is 0. The average Bonchev–Trinajstić information content (AvgIpc) is 2.29. The summed E-state index contributed by atoms with van der Waals surface area (Å²) in [4.78, 5) is 0. The Morgan fingerprint density at radius 1 is 1.33 bits per heavy atom. The maximum atomic E-state index is 12.8. The van der Waals surface area contributed by atoms with Crippen molar-refractivity contribution in [3.8, 4) is 0 Å². The van der Waals surface area contributed by atoms with Crippen LogP contribution in [0.5, 0.6) is 0 Å². The SMILES string of the molecule is CCC(C)(O)CNC1CC(c2ccc(F)cc2)C1. The molecule has 1 aliphatic carbocycles. The Morgan fingerprint density at radius 3 is 2.50 bits per heavy atom. The van der Waals surface area contributed by atoms with Crippen LogP contribution in [-0.2, 0) is 0 Å². The summed E-state index contributed by atoms with van der Waals surface area (Å²) in [6.07, 6.45) is 2.91. The van der Waals surface area contributed by atoms with Crippen molar-refractivity contribution >= 4 is 0 Å². The van der Waals surface area contributed by atoms with Gasteiger partial charge in [0.05, 0.1) is 5.60 Å². The van der Waals surface area contributed by atoms with E-state index in [2.05, 4.69) is 5.32 Å². The van der Waals surface area contributed by atoms with Crippen molar-refractivity contribution in [1.29, 1.82) is 0 Å². The zero-order valence-electron chi connectivity index (χ0n) is 11.1. The maximum absolute atomic E-state index is 12.8. The Kier molecular flexibility index (Phi) is 4.03. The molecule has 1 unspecified atom stereocenters. The van der Waals surface area contributed by atoms with Gasteiger partial charge in [0, 0.05) is 12.6 Å². The first-order valence-electron chi connectivity index (χ1n) is 6.71. The molecule has 100 valence electrons. The largest absolute Gasteiger partial charge is 0.389 e. The molecule has 2 N–H and O–H groups in total. The first-order chi connectivity index (χ1) is 8.50.